The van der Waals surface area contributed by atoms with Gasteiger partial charge in [0.2, 0.25) is 0 Å². The lowest BCUT2D eigenvalue weighted by Gasteiger charge is -2.43. The van der Waals surface area contributed by atoms with Gasteiger partial charge in [0.05, 0.1) is 15.7 Å². The second-order valence-corrected chi connectivity index (χ2v) is 7.99. The van der Waals surface area contributed by atoms with Crippen LogP contribution in [0.3, 0.4) is 0 Å². The molecule has 2 heterocycles. The Morgan fingerprint density at radius 2 is 1.95 bits per heavy atom. The highest BCUT2D eigenvalue weighted by molar-refractivity contribution is 7.92. The third kappa shape index (κ3) is 2.98. The van der Waals surface area contributed by atoms with Gasteiger partial charge in [-0.3, -0.25) is 0 Å². The first-order valence-electron chi connectivity index (χ1n) is 7.23. The summed E-state index contributed by atoms with van der Waals surface area (Å²) in [5.74, 6) is -0.524. The molecule has 6 heteroatoms. The van der Waals surface area contributed by atoms with Crippen LogP contribution in [0.4, 0.5) is 4.39 Å². The molecule has 2 saturated heterocycles. The van der Waals surface area contributed by atoms with Gasteiger partial charge in [0, 0.05) is 19.8 Å². The summed E-state index contributed by atoms with van der Waals surface area (Å²) in [5.41, 5.74) is -0.387. The lowest BCUT2D eigenvalue weighted by Crippen LogP contribution is -2.47. The van der Waals surface area contributed by atoms with Crippen LogP contribution in [0, 0.1) is 5.82 Å². The average Bonchev–Trinajstić information content (AvgIpc) is 2.48. The number of sulfone groups is 1. The Hall–Kier alpha value is -0.980. The molecule has 0 radical (unpaired) electrons. The van der Waals surface area contributed by atoms with Crippen molar-refractivity contribution < 1.29 is 22.3 Å². The zero-order valence-electron chi connectivity index (χ0n) is 11.8. The highest BCUT2D eigenvalue weighted by Gasteiger charge is 2.43. The van der Waals surface area contributed by atoms with Crippen molar-refractivity contribution in [2.45, 2.75) is 41.4 Å². The molecule has 1 atom stereocenters. The standard InChI is InChI=1S/C15H19FO4S/c16-12-2-1-3-13(10-12)21(17,18)14-4-7-20-15(11-14)5-8-19-9-6-15/h1-3,10,14H,4-9,11H2. The zero-order chi connectivity index (χ0) is 14.9. The van der Waals surface area contributed by atoms with Crippen LogP contribution in [-0.4, -0.2) is 39.1 Å². The summed E-state index contributed by atoms with van der Waals surface area (Å²) in [6.45, 7) is 1.64. The van der Waals surface area contributed by atoms with Gasteiger partial charge in [-0.15, -0.1) is 0 Å². The van der Waals surface area contributed by atoms with Gasteiger partial charge >= 0.3 is 0 Å². The maximum atomic E-state index is 13.3. The van der Waals surface area contributed by atoms with E-state index in [2.05, 4.69) is 0 Å². The van der Waals surface area contributed by atoms with E-state index < -0.39 is 20.9 Å². The predicted molar refractivity (Wildman–Crippen MR) is 75.3 cm³/mol. The molecule has 116 valence electrons. The normalized spacial score (nSPS) is 25.9. The molecule has 0 bridgehead atoms. The number of rotatable bonds is 2. The van der Waals surface area contributed by atoms with Crippen molar-refractivity contribution in [3.8, 4) is 0 Å². The van der Waals surface area contributed by atoms with E-state index in [1.54, 1.807) is 0 Å². The Kier molecular flexibility index (Phi) is 4.03. The fourth-order valence-electron chi connectivity index (χ4n) is 3.18. The van der Waals surface area contributed by atoms with Gasteiger partial charge in [0.1, 0.15) is 5.82 Å². The molecule has 0 aliphatic carbocycles. The number of ether oxygens (including phenoxy) is 2. The van der Waals surface area contributed by atoms with Gasteiger partial charge in [0.15, 0.2) is 9.84 Å². The summed E-state index contributed by atoms with van der Waals surface area (Å²) >= 11 is 0. The molecule has 2 aliphatic heterocycles. The summed E-state index contributed by atoms with van der Waals surface area (Å²) in [6, 6.07) is 5.25. The molecule has 3 rings (SSSR count). The Morgan fingerprint density at radius 3 is 2.67 bits per heavy atom. The summed E-state index contributed by atoms with van der Waals surface area (Å²) in [4.78, 5) is 0.0663. The Bertz CT molecular complexity index is 602. The van der Waals surface area contributed by atoms with Crippen molar-refractivity contribution in [3.63, 3.8) is 0 Å². The van der Waals surface area contributed by atoms with Crippen molar-refractivity contribution in [1.82, 2.24) is 0 Å². The van der Waals surface area contributed by atoms with Crippen LogP contribution in [0.5, 0.6) is 0 Å². The van der Waals surface area contributed by atoms with Crippen molar-refractivity contribution in [2.75, 3.05) is 19.8 Å². The van der Waals surface area contributed by atoms with E-state index in [4.69, 9.17) is 9.47 Å². The lowest BCUT2D eigenvalue weighted by molar-refractivity contribution is -0.132. The van der Waals surface area contributed by atoms with E-state index in [0.717, 1.165) is 18.9 Å². The number of benzene rings is 1. The Labute approximate surface area is 124 Å². The molecule has 0 N–H and O–H groups in total. The molecule has 0 saturated carbocycles. The van der Waals surface area contributed by atoms with Crippen LogP contribution in [-0.2, 0) is 19.3 Å². The number of halogens is 1. The van der Waals surface area contributed by atoms with Gasteiger partial charge in [-0.05, 0) is 43.9 Å². The summed E-state index contributed by atoms with van der Waals surface area (Å²) in [5, 5.41) is -0.508. The predicted octanol–water partition coefficient (Wildman–Crippen LogP) is 2.33. The van der Waals surface area contributed by atoms with Gasteiger partial charge in [0.25, 0.3) is 0 Å². The average molecular weight is 314 g/mol. The SMILES string of the molecule is O=S(=O)(c1cccc(F)c1)C1CCOC2(CCOCC2)C1. The zero-order valence-corrected chi connectivity index (χ0v) is 12.6. The molecule has 2 aliphatic rings. The maximum Gasteiger partial charge on any atom is 0.181 e. The lowest BCUT2D eigenvalue weighted by atomic mass is 9.86. The minimum Gasteiger partial charge on any atom is -0.381 e. The first-order valence-corrected chi connectivity index (χ1v) is 8.78. The van der Waals surface area contributed by atoms with Crippen molar-refractivity contribution >= 4 is 9.84 Å². The van der Waals surface area contributed by atoms with Gasteiger partial charge < -0.3 is 9.47 Å². The monoisotopic (exact) mass is 314 g/mol. The fraction of sp³-hybridized carbons (Fsp3) is 0.600. The van der Waals surface area contributed by atoms with Crippen LogP contribution in [0.1, 0.15) is 25.7 Å². The topological polar surface area (TPSA) is 52.6 Å². The highest BCUT2D eigenvalue weighted by atomic mass is 32.2. The second kappa shape index (κ2) is 5.66. The molecule has 1 aromatic rings. The third-order valence-corrected chi connectivity index (χ3v) is 6.61. The van der Waals surface area contributed by atoms with Gasteiger partial charge in [-0.25, -0.2) is 12.8 Å². The molecule has 1 aromatic carbocycles. The largest absolute Gasteiger partial charge is 0.381 e. The van der Waals surface area contributed by atoms with Gasteiger partial charge in [-0.2, -0.15) is 0 Å². The second-order valence-electron chi connectivity index (χ2n) is 5.76. The van der Waals surface area contributed by atoms with E-state index in [1.165, 1.54) is 18.2 Å². The summed E-state index contributed by atoms with van der Waals surface area (Å²) in [6.07, 6.45) is 2.38. The van der Waals surface area contributed by atoms with E-state index in [1.807, 2.05) is 0 Å². The van der Waals surface area contributed by atoms with Crippen molar-refractivity contribution in [1.29, 1.82) is 0 Å². The third-order valence-electron chi connectivity index (χ3n) is 4.42. The van der Waals surface area contributed by atoms with E-state index in [-0.39, 0.29) is 10.5 Å². The molecule has 1 unspecified atom stereocenters. The first-order chi connectivity index (χ1) is 10.0. The van der Waals surface area contributed by atoms with Crippen molar-refractivity contribution in [3.05, 3.63) is 30.1 Å². The van der Waals surface area contributed by atoms with Crippen LogP contribution >= 0.6 is 0 Å². The van der Waals surface area contributed by atoms with E-state index >= 15 is 0 Å². The molecule has 0 amide bonds. The molecule has 21 heavy (non-hydrogen) atoms. The van der Waals surface area contributed by atoms with Crippen LogP contribution < -0.4 is 0 Å². The molecular weight excluding hydrogens is 295 g/mol. The Balaban J connectivity index is 1.85. The molecule has 4 nitrogen and oxygen atoms in total. The molecular formula is C15H19FO4S. The number of hydrogen-bond acceptors (Lipinski definition) is 4. The van der Waals surface area contributed by atoms with E-state index in [0.29, 0.717) is 32.7 Å². The van der Waals surface area contributed by atoms with Crippen LogP contribution in [0.25, 0.3) is 0 Å². The highest BCUT2D eigenvalue weighted by Crippen LogP contribution is 2.38. The first kappa shape index (κ1) is 14.9. The minimum atomic E-state index is -3.52. The molecule has 1 spiro atoms. The molecule has 2 fully saturated rings. The van der Waals surface area contributed by atoms with Crippen LogP contribution in [0.15, 0.2) is 29.2 Å². The number of hydrogen-bond donors (Lipinski definition) is 0. The maximum absolute atomic E-state index is 13.3. The van der Waals surface area contributed by atoms with Crippen LogP contribution in [0.2, 0.25) is 0 Å². The quantitative estimate of drug-likeness (QED) is 0.841. The summed E-state index contributed by atoms with van der Waals surface area (Å²) in [7, 11) is -3.52. The summed E-state index contributed by atoms with van der Waals surface area (Å²) < 4.78 is 49.9. The fourth-order valence-corrected chi connectivity index (χ4v) is 5.04. The minimum absolute atomic E-state index is 0.0663. The van der Waals surface area contributed by atoms with E-state index in [9.17, 15) is 12.8 Å². The van der Waals surface area contributed by atoms with Crippen molar-refractivity contribution in [2.24, 2.45) is 0 Å². The Morgan fingerprint density at radius 1 is 1.19 bits per heavy atom. The van der Waals surface area contributed by atoms with Gasteiger partial charge in [-0.1, -0.05) is 6.07 Å². The molecule has 0 aromatic heterocycles. The smallest absolute Gasteiger partial charge is 0.181 e.